The van der Waals surface area contributed by atoms with Crippen LogP contribution in [0.1, 0.15) is 55.6 Å². The molecule has 3 nitrogen and oxygen atoms in total. The second kappa shape index (κ2) is 5.96. The summed E-state index contributed by atoms with van der Waals surface area (Å²) in [5.74, 6) is 0.121. The van der Waals surface area contributed by atoms with E-state index in [-0.39, 0.29) is 6.04 Å². The topological polar surface area (TPSA) is 40.5 Å². The first kappa shape index (κ1) is 13.6. The van der Waals surface area contributed by atoms with Gasteiger partial charge in [0.05, 0.1) is 0 Å². The molecule has 0 aromatic heterocycles. The van der Waals surface area contributed by atoms with Crippen LogP contribution in [0.3, 0.4) is 0 Å². The van der Waals surface area contributed by atoms with Gasteiger partial charge in [-0.1, -0.05) is 37.1 Å². The van der Waals surface area contributed by atoms with Gasteiger partial charge in [0.1, 0.15) is 6.04 Å². The molecule has 1 aliphatic carbocycles. The molecule has 1 aliphatic heterocycles. The van der Waals surface area contributed by atoms with Gasteiger partial charge in [-0.2, -0.15) is 0 Å². The van der Waals surface area contributed by atoms with Gasteiger partial charge in [-0.25, -0.2) is 0 Å². The molecule has 0 radical (unpaired) electrons. The molecule has 1 saturated heterocycles. The Bertz CT molecular complexity index is 464. The fourth-order valence-electron chi connectivity index (χ4n) is 3.18. The van der Waals surface area contributed by atoms with Crippen molar-refractivity contribution >= 4 is 5.97 Å². The average Bonchev–Trinajstić information content (AvgIpc) is 3.26. The van der Waals surface area contributed by atoms with E-state index in [1.165, 1.54) is 24.0 Å². The summed E-state index contributed by atoms with van der Waals surface area (Å²) < 4.78 is 0. The lowest BCUT2D eigenvalue weighted by molar-refractivity contribution is -0.143. The molecule has 0 amide bonds. The van der Waals surface area contributed by atoms with Crippen molar-refractivity contribution in [2.75, 3.05) is 6.54 Å². The van der Waals surface area contributed by atoms with Crippen molar-refractivity contribution in [3.05, 3.63) is 35.4 Å². The van der Waals surface area contributed by atoms with E-state index in [9.17, 15) is 9.90 Å². The quantitative estimate of drug-likeness (QED) is 0.914. The van der Waals surface area contributed by atoms with Gasteiger partial charge in [0, 0.05) is 6.54 Å². The fraction of sp³-hybridized carbons (Fsp3) is 0.588. The summed E-state index contributed by atoms with van der Waals surface area (Å²) in [5, 5.41) is 9.40. The largest absolute Gasteiger partial charge is 0.480 e. The van der Waals surface area contributed by atoms with Gasteiger partial charge < -0.3 is 5.11 Å². The molecule has 108 valence electrons. The number of rotatable bonds is 4. The van der Waals surface area contributed by atoms with Gasteiger partial charge in [-0.05, 0) is 49.3 Å². The molecule has 20 heavy (non-hydrogen) atoms. The normalized spacial score (nSPS) is 24.3. The van der Waals surface area contributed by atoms with Crippen molar-refractivity contribution < 1.29 is 9.90 Å². The monoisotopic (exact) mass is 273 g/mol. The summed E-state index contributed by atoms with van der Waals surface area (Å²) in [6.07, 6.45) is 6.74. The number of carboxylic acid groups (broad SMARTS) is 1. The summed E-state index contributed by atoms with van der Waals surface area (Å²) in [7, 11) is 0. The summed E-state index contributed by atoms with van der Waals surface area (Å²) >= 11 is 0. The molecular formula is C17H23NO2. The molecule has 0 spiro atoms. The minimum Gasteiger partial charge on any atom is -0.480 e. The highest BCUT2D eigenvalue weighted by Gasteiger charge is 2.27. The van der Waals surface area contributed by atoms with Gasteiger partial charge in [-0.3, -0.25) is 9.69 Å². The Morgan fingerprint density at radius 1 is 1.10 bits per heavy atom. The van der Waals surface area contributed by atoms with Gasteiger partial charge in [-0.15, -0.1) is 0 Å². The second-order valence-corrected chi connectivity index (χ2v) is 6.19. The zero-order valence-electron chi connectivity index (χ0n) is 11.9. The number of carboxylic acids is 1. The van der Waals surface area contributed by atoms with Crippen molar-refractivity contribution in [2.24, 2.45) is 0 Å². The van der Waals surface area contributed by atoms with E-state index in [0.717, 1.165) is 44.7 Å². The molecule has 1 heterocycles. The first-order valence-corrected chi connectivity index (χ1v) is 7.80. The van der Waals surface area contributed by atoms with Gasteiger partial charge in [0.15, 0.2) is 0 Å². The lowest BCUT2D eigenvalue weighted by Crippen LogP contribution is -2.40. The first-order chi connectivity index (χ1) is 9.74. The predicted octanol–water partition coefficient (Wildman–Crippen LogP) is 3.39. The minimum atomic E-state index is -0.665. The Hall–Kier alpha value is -1.35. The molecule has 3 rings (SSSR count). The summed E-state index contributed by atoms with van der Waals surface area (Å²) in [5.41, 5.74) is 2.68. The van der Waals surface area contributed by atoms with Gasteiger partial charge >= 0.3 is 5.97 Å². The predicted molar refractivity (Wildman–Crippen MR) is 78.7 cm³/mol. The van der Waals surface area contributed by atoms with Crippen molar-refractivity contribution in [3.8, 4) is 0 Å². The SMILES string of the molecule is O=C(O)C1CCCCCN1Cc1ccc(C2CC2)cc1. The number of hydrogen-bond donors (Lipinski definition) is 1. The molecule has 1 aromatic rings. The highest BCUT2D eigenvalue weighted by Crippen LogP contribution is 2.39. The highest BCUT2D eigenvalue weighted by atomic mass is 16.4. The van der Waals surface area contributed by atoms with E-state index in [1.807, 2.05) is 0 Å². The van der Waals surface area contributed by atoms with E-state index < -0.39 is 5.97 Å². The van der Waals surface area contributed by atoms with Crippen molar-refractivity contribution in [1.29, 1.82) is 0 Å². The van der Waals surface area contributed by atoms with Gasteiger partial charge in [0.2, 0.25) is 0 Å². The summed E-state index contributed by atoms with van der Waals surface area (Å²) in [6, 6.07) is 8.50. The maximum atomic E-state index is 11.4. The average molecular weight is 273 g/mol. The second-order valence-electron chi connectivity index (χ2n) is 6.19. The zero-order chi connectivity index (χ0) is 13.9. The Labute approximate surface area is 120 Å². The van der Waals surface area contributed by atoms with Crippen LogP contribution in [0.2, 0.25) is 0 Å². The van der Waals surface area contributed by atoms with Crippen molar-refractivity contribution in [2.45, 2.75) is 57.0 Å². The summed E-state index contributed by atoms with van der Waals surface area (Å²) in [6.45, 7) is 1.67. The molecule has 1 N–H and O–H groups in total. The van der Waals surface area contributed by atoms with E-state index in [2.05, 4.69) is 29.2 Å². The number of benzene rings is 1. The Morgan fingerprint density at radius 2 is 1.85 bits per heavy atom. The molecule has 0 bridgehead atoms. The van der Waals surface area contributed by atoms with Crippen LogP contribution in [-0.2, 0) is 11.3 Å². The van der Waals surface area contributed by atoms with Crippen LogP contribution in [0.15, 0.2) is 24.3 Å². The summed E-state index contributed by atoms with van der Waals surface area (Å²) in [4.78, 5) is 13.6. The Morgan fingerprint density at radius 3 is 2.50 bits per heavy atom. The number of aliphatic carboxylic acids is 1. The van der Waals surface area contributed by atoms with Crippen LogP contribution >= 0.6 is 0 Å². The van der Waals surface area contributed by atoms with Crippen LogP contribution in [0.4, 0.5) is 0 Å². The van der Waals surface area contributed by atoms with Crippen LogP contribution in [0.25, 0.3) is 0 Å². The molecular weight excluding hydrogens is 250 g/mol. The van der Waals surface area contributed by atoms with Crippen LogP contribution in [-0.4, -0.2) is 28.6 Å². The Balaban J connectivity index is 1.68. The smallest absolute Gasteiger partial charge is 0.320 e. The fourth-order valence-corrected chi connectivity index (χ4v) is 3.18. The van der Waals surface area contributed by atoms with Crippen LogP contribution in [0, 0.1) is 0 Å². The number of hydrogen-bond acceptors (Lipinski definition) is 2. The van der Waals surface area contributed by atoms with E-state index in [0.29, 0.717) is 0 Å². The number of likely N-dealkylation sites (tertiary alicyclic amines) is 1. The molecule has 2 fully saturated rings. The van der Waals surface area contributed by atoms with Crippen LogP contribution in [0.5, 0.6) is 0 Å². The third kappa shape index (κ3) is 3.21. The molecule has 1 atom stereocenters. The molecule has 2 aliphatic rings. The van der Waals surface area contributed by atoms with Crippen LogP contribution < -0.4 is 0 Å². The number of nitrogens with zero attached hydrogens (tertiary/aromatic N) is 1. The lowest BCUT2D eigenvalue weighted by Gasteiger charge is -2.26. The molecule has 1 unspecified atom stereocenters. The Kier molecular flexibility index (Phi) is 4.06. The molecule has 3 heteroatoms. The van der Waals surface area contributed by atoms with Crippen molar-refractivity contribution in [1.82, 2.24) is 4.90 Å². The number of carbonyl (C=O) groups is 1. The highest BCUT2D eigenvalue weighted by molar-refractivity contribution is 5.73. The minimum absolute atomic E-state index is 0.305. The third-order valence-electron chi connectivity index (χ3n) is 4.56. The van der Waals surface area contributed by atoms with Gasteiger partial charge in [0.25, 0.3) is 0 Å². The van der Waals surface area contributed by atoms with E-state index in [1.54, 1.807) is 0 Å². The maximum Gasteiger partial charge on any atom is 0.320 e. The molecule has 1 saturated carbocycles. The van der Waals surface area contributed by atoms with E-state index >= 15 is 0 Å². The molecule has 1 aromatic carbocycles. The maximum absolute atomic E-state index is 11.4. The third-order valence-corrected chi connectivity index (χ3v) is 4.56. The lowest BCUT2D eigenvalue weighted by atomic mass is 10.1. The zero-order valence-corrected chi connectivity index (χ0v) is 11.9. The van der Waals surface area contributed by atoms with E-state index in [4.69, 9.17) is 0 Å². The van der Waals surface area contributed by atoms with Crippen molar-refractivity contribution in [3.63, 3.8) is 0 Å². The standard InChI is InChI=1S/C17H23NO2/c19-17(20)16-4-2-1-3-11-18(16)12-13-5-7-14(8-6-13)15-9-10-15/h5-8,15-16H,1-4,9-12H2,(H,19,20). The first-order valence-electron chi connectivity index (χ1n) is 7.80.